The van der Waals surface area contributed by atoms with Gasteiger partial charge in [0.25, 0.3) is 0 Å². The van der Waals surface area contributed by atoms with Crippen LogP contribution in [0.2, 0.25) is 0 Å². The number of halogens is 1. The third-order valence-corrected chi connectivity index (χ3v) is 4.14. The van der Waals surface area contributed by atoms with Crippen molar-refractivity contribution < 1.29 is 19.0 Å². The van der Waals surface area contributed by atoms with E-state index < -0.39 is 17.8 Å². The Bertz CT molecular complexity index is 719. The summed E-state index contributed by atoms with van der Waals surface area (Å²) in [6.07, 6.45) is 3.53. The van der Waals surface area contributed by atoms with Crippen molar-refractivity contribution in [2.24, 2.45) is 0 Å². The van der Waals surface area contributed by atoms with Crippen LogP contribution in [0.4, 0.5) is 4.39 Å². The SMILES string of the molecule is COc1ccc(F)cc1C(C(=O)O)N(Cc1ccccn1)C1CC1. The topological polar surface area (TPSA) is 62.7 Å². The molecule has 0 spiro atoms. The number of carboxylic acids is 1. The highest BCUT2D eigenvalue weighted by Crippen LogP contribution is 2.39. The van der Waals surface area contributed by atoms with Gasteiger partial charge in [0.2, 0.25) is 0 Å². The van der Waals surface area contributed by atoms with Gasteiger partial charge in [-0.1, -0.05) is 6.07 Å². The zero-order valence-electron chi connectivity index (χ0n) is 13.4. The highest BCUT2D eigenvalue weighted by Gasteiger charge is 2.39. The van der Waals surface area contributed by atoms with E-state index in [1.165, 1.54) is 25.3 Å². The van der Waals surface area contributed by atoms with E-state index >= 15 is 0 Å². The van der Waals surface area contributed by atoms with Crippen molar-refractivity contribution in [1.29, 1.82) is 0 Å². The fourth-order valence-electron chi connectivity index (χ4n) is 2.89. The molecule has 3 rings (SSSR count). The predicted octanol–water partition coefficient (Wildman–Crippen LogP) is 3.02. The van der Waals surface area contributed by atoms with E-state index in [2.05, 4.69) is 4.98 Å². The minimum Gasteiger partial charge on any atom is -0.496 e. The van der Waals surface area contributed by atoms with Crippen LogP contribution in [0.1, 0.15) is 30.1 Å². The summed E-state index contributed by atoms with van der Waals surface area (Å²) in [5.74, 6) is -1.14. The monoisotopic (exact) mass is 330 g/mol. The number of methoxy groups -OCH3 is 1. The average molecular weight is 330 g/mol. The van der Waals surface area contributed by atoms with Crippen LogP contribution in [-0.4, -0.2) is 34.1 Å². The van der Waals surface area contributed by atoms with Gasteiger partial charge in [0, 0.05) is 24.3 Å². The van der Waals surface area contributed by atoms with Gasteiger partial charge in [0.1, 0.15) is 17.6 Å². The van der Waals surface area contributed by atoms with Crippen molar-refractivity contribution >= 4 is 5.97 Å². The standard InChI is InChI=1S/C18H19FN2O3/c1-24-16-8-5-12(19)10-15(16)17(18(22)23)21(14-6-7-14)11-13-4-2-3-9-20-13/h2-5,8-10,14,17H,6-7,11H2,1H3,(H,22,23). The summed E-state index contributed by atoms with van der Waals surface area (Å²) in [5, 5.41) is 9.82. The number of hydrogen-bond donors (Lipinski definition) is 1. The summed E-state index contributed by atoms with van der Waals surface area (Å²) in [4.78, 5) is 18.2. The molecule has 2 aromatic rings. The minimum absolute atomic E-state index is 0.154. The Hall–Kier alpha value is -2.47. The maximum absolute atomic E-state index is 13.7. The van der Waals surface area contributed by atoms with Crippen molar-refractivity contribution in [2.45, 2.75) is 31.5 Å². The smallest absolute Gasteiger partial charge is 0.325 e. The van der Waals surface area contributed by atoms with E-state index in [9.17, 15) is 14.3 Å². The maximum atomic E-state index is 13.7. The molecule has 1 fully saturated rings. The first-order chi connectivity index (χ1) is 11.6. The first-order valence-corrected chi connectivity index (χ1v) is 7.82. The number of rotatable bonds is 7. The minimum atomic E-state index is -1.03. The van der Waals surface area contributed by atoms with E-state index in [-0.39, 0.29) is 6.04 Å². The molecule has 0 radical (unpaired) electrons. The first kappa shape index (κ1) is 16.4. The number of aliphatic carboxylic acids is 1. The molecule has 6 heteroatoms. The number of pyridine rings is 1. The molecule has 1 saturated carbocycles. The van der Waals surface area contributed by atoms with Crippen molar-refractivity contribution in [3.8, 4) is 5.75 Å². The number of hydrogen-bond acceptors (Lipinski definition) is 4. The quantitative estimate of drug-likeness (QED) is 0.845. The van der Waals surface area contributed by atoms with E-state index in [4.69, 9.17) is 4.74 Å². The lowest BCUT2D eigenvalue weighted by molar-refractivity contribution is -0.144. The number of carbonyl (C=O) groups is 1. The van der Waals surface area contributed by atoms with Gasteiger partial charge in [-0.15, -0.1) is 0 Å². The van der Waals surface area contributed by atoms with Crippen LogP contribution in [0.3, 0.4) is 0 Å². The molecule has 0 aliphatic heterocycles. The summed E-state index contributed by atoms with van der Waals surface area (Å²) in [6.45, 7) is 0.391. The predicted molar refractivity (Wildman–Crippen MR) is 86.1 cm³/mol. The van der Waals surface area contributed by atoms with Crippen LogP contribution in [0.15, 0.2) is 42.6 Å². The molecule has 1 aliphatic rings. The maximum Gasteiger partial charge on any atom is 0.325 e. The lowest BCUT2D eigenvalue weighted by atomic mass is 10.0. The van der Waals surface area contributed by atoms with Crippen molar-refractivity contribution in [2.75, 3.05) is 7.11 Å². The molecule has 5 nitrogen and oxygen atoms in total. The van der Waals surface area contributed by atoms with Gasteiger partial charge >= 0.3 is 5.97 Å². The third kappa shape index (κ3) is 3.54. The molecule has 126 valence electrons. The molecule has 0 saturated heterocycles. The molecule has 24 heavy (non-hydrogen) atoms. The van der Waals surface area contributed by atoms with Crippen LogP contribution in [0.25, 0.3) is 0 Å². The van der Waals surface area contributed by atoms with Gasteiger partial charge in [0.15, 0.2) is 0 Å². The van der Waals surface area contributed by atoms with E-state index in [0.29, 0.717) is 17.9 Å². The van der Waals surface area contributed by atoms with Gasteiger partial charge in [-0.25, -0.2) is 4.39 Å². The van der Waals surface area contributed by atoms with Crippen molar-refractivity contribution in [3.05, 3.63) is 59.7 Å². The average Bonchev–Trinajstić information content (AvgIpc) is 3.40. The number of nitrogens with zero attached hydrogens (tertiary/aromatic N) is 2. The van der Waals surface area contributed by atoms with E-state index in [1.807, 2.05) is 23.1 Å². The molecule has 1 heterocycles. The van der Waals surface area contributed by atoms with Crippen LogP contribution in [0.5, 0.6) is 5.75 Å². The summed E-state index contributed by atoms with van der Waals surface area (Å²) < 4.78 is 19.0. The van der Waals surface area contributed by atoms with Crippen molar-refractivity contribution in [1.82, 2.24) is 9.88 Å². The molecule has 1 aromatic heterocycles. The number of ether oxygens (including phenoxy) is 1. The van der Waals surface area contributed by atoms with Gasteiger partial charge < -0.3 is 9.84 Å². The summed E-state index contributed by atoms with van der Waals surface area (Å²) in [5.41, 5.74) is 1.11. The van der Waals surface area contributed by atoms with Gasteiger partial charge in [-0.05, 0) is 43.2 Å². The highest BCUT2D eigenvalue weighted by atomic mass is 19.1. The number of benzene rings is 1. The number of aromatic nitrogens is 1. The van der Waals surface area contributed by atoms with Crippen LogP contribution in [0, 0.1) is 5.82 Å². The molecule has 1 aromatic carbocycles. The Morgan fingerprint density at radius 3 is 2.79 bits per heavy atom. The zero-order valence-corrected chi connectivity index (χ0v) is 13.4. The fraction of sp³-hybridized carbons (Fsp3) is 0.333. The van der Waals surface area contributed by atoms with Crippen molar-refractivity contribution in [3.63, 3.8) is 0 Å². The largest absolute Gasteiger partial charge is 0.496 e. The van der Waals surface area contributed by atoms with Crippen LogP contribution >= 0.6 is 0 Å². The molecule has 1 atom stereocenters. The lowest BCUT2D eigenvalue weighted by Gasteiger charge is -2.29. The molecular weight excluding hydrogens is 311 g/mol. The molecule has 1 unspecified atom stereocenters. The van der Waals surface area contributed by atoms with Gasteiger partial charge in [-0.3, -0.25) is 14.7 Å². The van der Waals surface area contributed by atoms with Crippen LogP contribution < -0.4 is 4.74 Å². The lowest BCUT2D eigenvalue weighted by Crippen LogP contribution is -2.36. The zero-order chi connectivity index (χ0) is 17.1. The summed E-state index contributed by atoms with van der Waals surface area (Å²) in [7, 11) is 1.45. The van der Waals surface area contributed by atoms with E-state index in [0.717, 1.165) is 18.5 Å². The Morgan fingerprint density at radius 2 is 2.21 bits per heavy atom. The van der Waals surface area contributed by atoms with Gasteiger partial charge in [-0.2, -0.15) is 0 Å². The fourth-order valence-corrected chi connectivity index (χ4v) is 2.89. The normalized spacial score (nSPS) is 15.3. The second kappa shape index (κ2) is 6.97. The Labute approximate surface area is 139 Å². The first-order valence-electron chi connectivity index (χ1n) is 7.82. The van der Waals surface area contributed by atoms with Crippen LogP contribution in [-0.2, 0) is 11.3 Å². The third-order valence-electron chi connectivity index (χ3n) is 4.14. The Morgan fingerprint density at radius 1 is 1.42 bits per heavy atom. The Balaban J connectivity index is 1.99. The molecule has 1 aliphatic carbocycles. The molecule has 1 N–H and O–H groups in total. The highest BCUT2D eigenvalue weighted by molar-refractivity contribution is 5.77. The second-order valence-electron chi connectivity index (χ2n) is 5.85. The second-order valence-corrected chi connectivity index (χ2v) is 5.85. The summed E-state index contributed by atoms with van der Waals surface area (Å²) >= 11 is 0. The molecular formula is C18H19FN2O3. The molecule has 0 amide bonds. The molecule has 0 bridgehead atoms. The van der Waals surface area contributed by atoms with Gasteiger partial charge in [0.05, 0.1) is 12.8 Å². The van der Waals surface area contributed by atoms with E-state index in [1.54, 1.807) is 6.20 Å². The number of carboxylic acid groups (broad SMARTS) is 1. The Kier molecular flexibility index (Phi) is 4.76. The summed E-state index contributed by atoms with van der Waals surface area (Å²) in [6, 6.07) is 8.68.